The Labute approximate surface area is 182 Å². The number of benzene rings is 1. The first-order chi connectivity index (χ1) is 14.5. The number of esters is 1. The van der Waals surface area contributed by atoms with Gasteiger partial charge in [0.05, 0.1) is 17.3 Å². The molecule has 164 valence electrons. The molecule has 6 nitrogen and oxygen atoms in total. The Morgan fingerprint density at radius 1 is 1.16 bits per heavy atom. The van der Waals surface area contributed by atoms with E-state index in [1.54, 1.807) is 45.0 Å². The SMILES string of the molecule is CC(=CCC[C@@]1(C)O[C@@H]1C)C(=O)O[C@@H]1CC2=C(OC1(C)C)C(=O)c1ccccc1C2=O. The number of ketones is 2. The van der Waals surface area contributed by atoms with Crippen molar-refractivity contribution in [3.05, 3.63) is 58.4 Å². The van der Waals surface area contributed by atoms with Crippen LogP contribution in [0.15, 0.2) is 47.2 Å². The molecular formula is C25H28O6. The summed E-state index contributed by atoms with van der Waals surface area (Å²) in [7, 11) is 0. The quantitative estimate of drug-likeness (QED) is 0.397. The number of ether oxygens (including phenoxy) is 3. The zero-order valence-corrected chi connectivity index (χ0v) is 18.6. The average Bonchev–Trinajstić information content (AvgIpc) is 3.32. The number of rotatable bonds is 5. The van der Waals surface area contributed by atoms with Crippen LogP contribution in [0.4, 0.5) is 0 Å². The molecule has 0 bridgehead atoms. The molecule has 6 heteroatoms. The Balaban J connectivity index is 1.48. The van der Waals surface area contributed by atoms with Crippen molar-refractivity contribution in [2.45, 2.75) is 77.3 Å². The van der Waals surface area contributed by atoms with Crippen molar-refractivity contribution in [3.63, 3.8) is 0 Å². The zero-order chi connectivity index (χ0) is 22.6. The van der Waals surface area contributed by atoms with Crippen molar-refractivity contribution < 1.29 is 28.6 Å². The predicted molar refractivity (Wildman–Crippen MR) is 114 cm³/mol. The minimum absolute atomic E-state index is 0.0695. The summed E-state index contributed by atoms with van der Waals surface area (Å²) in [6.07, 6.45) is 3.11. The molecule has 3 aliphatic rings. The van der Waals surface area contributed by atoms with E-state index in [1.165, 1.54) is 0 Å². The molecule has 0 spiro atoms. The van der Waals surface area contributed by atoms with Crippen LogP contribution >= 0.6 is 0 Å². The Kier molecular flexibility index (Phi) is 5.16. The summed E-state index contributed by atoms with van der Waals surface area (Å²) in [6.45, 7) is 9.34. The van der Waals surface area contributed by atoms with E-state index in [4.69, 9.17) is 14.2 Å². The van der Waals surface area contributed by atoms with Crippen LogP contribution in [0.2, 0.25) is 0 Å². The third kappa shape index (κ3) is 3.85. The summed E-state index contributed by atoms with van der Waals surface area (Å²) < 4.78 is 17.3. The molecule has 4 rings (SSSR count). The highest BCUT2D eigenvalue weighted by molar-refractivity contribution is 6.26. The van der Waals surface area contributed by atoms with Crippen molar-refractivity contribution in [1.29, 1.82) is 0 Å². The van der Waals surface area contributed by atoms with Crippen LogP contribution in [-0.4, -0.2) is 40.9 Å². The molecule has 0 radical (unpaired) electrons. The molecule has 3 atom stereocenters. The van der Waals surface area contributed by atoms with Gasteiger partial charge in [-0.3, -0.25) is 9.59 Å². The van der Waals surface area contributed by atoms with Crippen molar-refractivity contribution in [3.8, 4) is 0 Å². The second kappa shape index (κ2) is 7.45. The number of hydrogen-bond donors (Lipinski definition) is 0. The zero-order valence-electron chi connectivity index (χ0n) is 18.6. The molecule has 31 heavy (non-hydrogen) atoms. The largest absolute Gasteiger partial charge is 0.479 e. The summed E-state index contributed by atoms with van der Waals surface area (Å²) in [6, 6.07) is 6.71. The number of epoxide rings is 1. The first kappa shape index (κ1) is 21.5. The summed E-state index contributed by atoms with van der Waals surface area (Å²) >= 11 is 0. The molecule has 2 heterocycles. The molecule has 0 N–H and O–H groups in total. The van der Waals surface area contributed by atoms with E-state index in [-0.39, 0.29) is 41.0 Å². The minimum atomic E-state index is -0.943. The molecule has 1 aromatic carbocycles. The Morgan fingerprint density at radius 3 is 2.39 bits per heavy atom. The summed E-state index contributed by atoms with van der Waals surface area (Å²) in [5.74, 6) is -0.930. The van der Waals surface area contributed by atoms with Gasteiger partial charge in [0.25, 0.3) is 0 Å². The summed E-state index contributed by atoms with van der Waals surface area (Å²) in [4.78, 5) is 38.6. The van der Waals surface area contributed by atoms with Crippen molar-refractivity contribution in [1.82, 2.24) is 0 Å². The minimum Gasteiger partial charge on any atom is -0.479 e. The Morgan fingerprint density at radius 2 is 1.77 bits per heavy atom. The molecule has 0 saturated carbocycles. The van der Waals surface area contributed by atoms with Gasteiger partial charge < -0.3 is 14.2 Å². The van der Waals surface area contributed by atoms with Gasteiger partial charge in [0, 0.05) is 23.1 Å². The number of fused-ring (bicyclic) bond motifs is 1. The second-order valence-corrected chi connectivity index (χ2v) is 9.31. The van der Waals surface area contributed by atoms with Crippen molar-refractivity contribution in [2.24, 2.45) is 0 Å². The lowest BCUT2D eigenvalue weighted by Gasteiger charge is -2.40. The molecule has 0 unspecified atom stereocenters. The fourth-order valence-electron chi connectivity index (χ4n) is 4.15. The number of hydrogen-bond acceptors (Lipinski definition) is 6. The third-order valence-electron chi connectivity index (χ3n) is 6.61. The van der Waals surface area contributed by atoms with E-state index in [0.29, 0.717) is 23.1 Å². The predicted octanol–water partition coefficient (Wildman–Crippen LogP) is 4.33. The van der Waals surface area contributed by atoms with Crippen LogP contribution in [0.5, 0.6) is 0 Å². The lowest BCUT2D eigenvalue weighted by atomic mass is 9.81. The van der Waals surface area contributed by atoms with E-state index in [1.807, 2.05) is 13.0 Å². The molecule has 1 fully saturated rings. The monoisotopic (exact) mass is 424 g/mol. The van der Waals surface area contributed by atoms with Gasteiger partial charge in [0.2, 0.25) is 5.78 Å². The number of allylic oxidation sites excluding steroid dienone is 2. The van der Waals surface area contributed by atoms with Gasteiger partial charge >= 0.3 is 5.97 Å². The number of carbonyl (C=O) groups excluding carboxylic acids is 3. The van der Waals surface area contributed by atoms with Crippen LogP contribution in [0.3, 0.4) is 0 Å². The van der Waals surface area contributed by atoms with E-state index in [2.05, 4.69) is 6.92 Å². The van der Waals surface area contributed by atoms with Gasteiger partial charge in [-0.05, 0) is 47.5 Å². The lowest BCUT2D eigenvalue weighted by molar-refractivity contribution is -0.161. The highest BCUT2D eigenvalue weighted by atomic mass is 16.6. The van der Waals surface area contributed by atoms with Crippen LogP contribution in [-0.2, 0) is 19.0 Å². The fourth-order valence-corrected chi connectivity index (χ4v) is 4.15. The van der Waals surface area contributed by atoms with Crippen molar-refractivity contribution >= 4 is 17.5 Å². The van der Waals surface area contributed by atoms with E-state index in [0.717, 1.165) is 6.42 Å². The van der Waals surface area contributed by atoms with Gasteiger partial charge in [-0.25, -0.2) is 4.79 Å². The Bertz CT molecular complexity index is 1030. The van der Waals surface area contributed by atoms with Gasteiger partial charge in [0.1, 0.15) is 11.7 Å². The second-order valence-electron chi connectivity index (χ2n) is 9.31. The topological polar surface area (TPSA) is 82.2 Å². The number of carbonyl (C=O) groups is 3. The molecule has 2 aliphatic heterocycles. The highest BCUT2D eigenvalue weighted by Gasteiger charge is 2.48. The van der Waals surface area contributed by atoms with Gasteiger partial charge in [-0.1, -0.05) is 30.3 Å². The summed E-state index contributed by atoms with van der Waals surface area (Å²) in [5, 5.41) is 0. The molecule has 1 aliphatic carbocycles. The lowest BCUT2D eigenvalue weighted by Crippen LogP contribution is -2.48. The maximum atomic E-state index is 13.0. The maximum Gasteiger partial charge on any atom is 0.333 e. The smallest absolute Gasteiger partial charge is 0.333 e. The van der Waals surface area contributed by atoms with Crippen LogP contribution in [0.25, 0.3) is 0 Å². The van der Waals surface area contributed by atoms with Crippen LogP contribution in [0, 0.1) is 0 Å². The first-order valence-electron chi connectivity index (χ1n) is 10.7. The van der Waals surface area contributed by atoms with Gasteiger partial charge in [-0.15, -0.1) is 0 Å². The van der Waals surface area contributed by atoms with Crippen molar-refractivity contribution in [2.75, 3.05) is 0 Å². The van der Waals surface area contributed by atoms with Crippen LogP contribution < -0.4 is 0 Å². The normalized spacial score (nSPS) is 29.1. The first-order valence-corrected chi connectivity index (χ1v) is 10.7. The van der Waals surface area contributed by atoms with E-state index < -0.39 is 17.7 Å². The van der Waals surface area contributed by atoms with E-state index >= 15 is 0 Å². The third-order valence-corrected chi connectivity index (χ3v) is 6.61. The average molecular weight is 424 g/mol. The summed E-state index contributed by atoms with van der Waals surface area (Å²) in [5.41, 5.74) is 0.438. The van der Waals surface area contributed by atoms with Crippen LogP contribution in [0.1, 0.15) is 74.6 Å². The van der Waals surface area contributed by atoms with Gasteiger partial charge in [0.15, 0.2) is 11.5 Å². The maximum absolute atomic E-state index is 13.0. The molecule has 1 aromatic rings. The fraction of sp³-hybridized carbons (Fsp3) is 0.480. The molecule has 0 amide bonds. The molecule has 0 aromatic heterocycles. The van der Waals surface area contributed by atoms with Gasteiger partial charge in [-0.2, -0.15) is 0 Å². The Hall–Kier alpha value is -2.73. The standard InChI is InChI=1S/C25H28O6/c1-14(9-8-12-25(5)15(2)30-25)23(28)29-19-13-18-20(26)16-10-6-7-11-17(16)21(27)22(18)31-24(19,3)4/h6-7,9-11,15,19H,8,12-13H2,1-5H3/t15-,19-,25-/m1/s1. The molecule has 1 saturated heterocycles. The van der Waals surface area contributed by atoms with E-state index in [9.17, 15) is 14.4 Å². The number of Topliss-reactive ketones (excluding diaryl/α,β-unsaturated/α-hetero) is 2. The molecular weight excluding hydrogens is 396 g/mol. The highest BCUT2D eigenvalue weighted by Crippen LogP contribution is 2.41.